The molecule has 1 rings (SSSR count). The number of nitrogens with one attached hydrogen (secondary N) is 1. The molecule has 1 aromatic rings. The lowest BCUT2D eigenvalue weighted by Gasteiger charge is -2.07. The fourth-order valence-corrected chi connectivity index (χ4v) is 1.59. The fraction of sp³-hybridized carbons (Fsp3) is 0.500. The van der Waals surface area contributed by atoms with Gasteiger partial charge >= 0.3 is 0 Å². The second-order valence-electron chi connectivity index (χ2n) is 3.64. The molecular weight excluding hydrogens is 213 g/mol. The van der Waals surface area contributed by atoms with E-state index in [1.165, 1.54) is 6.07 Å². The van der Waals surface area contributed by atoms with Gasteiger partial charge in [-0.05, 0) is 49.6 Å². The van der Waals surface area contributed by atoms with E-state index in [2.05, 4.69) is 5.32 Å². The molecule has 0 aliphatic carbocycles. The number of unbranched alkanes of at least 4 members (excludes halogenated alkanes) is 1. The first-order chi connectivity index (χ1) is 7.24. The second-order valence-corrected chi connectivity index (χ2v) is 4.02. The van der Waals surface area contributed by atoms with Crippen molar-refractivity contribution >= 4 is 11.6 Å². The third-order valence-corrected chi connectivity index (χ3v) is 2.63. The van der Waals surface area contributed by atoms with Gasteiger partial charge in [-0.25, -0.2) is 4.39 Å². The maximum atomic E-state index is 12.9. The minimum absolute atomic E-state index is 0.168. The molecule has 0 aromatic heterocycles. The predicted molar refractivity (Wildman–Crippen MR) is 62.8 cm³/mol. The summed E-state index contributed by atoms with van der Waals surface area (Å²) in [5, 5.41) is 3.28. The van der Waals surface area contributed by atoms with Crippen molar-refractivity contribution in [2.24, 2.45) is 0 Å². The van der Waals surface area contributed by atoms with Gasteiger partial charge in [-0.3, -0.25) is 0 Å². The highest BCUT2D eigenvalue weighted by atomic mass is 35.5. The van der Waals surface area contributed by atoms with Gasteiger partial charge in [0, 0.05) is 12.4 Å². The normalized spacial score (nSPS) is 10.6. The van der Waals surface area contributed by atoms with Crippen LogP contribution >= 0.6 is 11.6 Å². The van der Waals surface area contributed by atoms with Gasteiger partial charge in [0.05, 0.1) is 0 Å². The van der Waals surface area contributed by atoms with E-state index in [4.69, 9.17) is 11.6 Å². The largest absolute Gasteiger partial charge is 0.313 e. The lowest BCUT2D eigenvalue weighted by atomic mass is 10.1. The van der Waals surface area contributed by atoms with Crippen LogP contribution in [0.15, 0.2) is 18.2 Å². The Hall–Kier alpha value is -0.600. The van der Waals surface area contributed by atoms with Crippen LogP contribution in [0.4, 0.5) is 4.39 Å². The molecule has 0 atom stereocenters. The minimum Gasteiger partial charge on any atom is -0.313 e. The van der Waals surface area contributed by atoms with E-state index in [1.807, 2.05) is 13.0 Å². The van der Waals surface area contributed by atoms with Crippen molar-refractivity contribution in [3.63, 3.8) is 0 Å². The van der Waals surface area contributed by atoms with Crippen molar-refractivity contribution in [1.82, 2.24) is 5.32 Å². The van der Waals surface area contributed by atoms with Crippen molar-refractivity contribution in [2.45, 2.75) is 26.3 Å². The third-order valence-electron chi connectivity index (χ3n) is 2.36. The van der Waals surface area contributed by atoms with Crippen LogP contribution in [0.3, 0.4) is 0 Å². The number of hydrogen-bond acceptors (Lipinski definition) is 1. The van der Waals surface area contributed by atoms with E-state index >= 15 is 0 Å². The van der Waals surface area contributed by atoms with E-state index in [0.717, 1.165) is 37.1 Å². The summed E-state index contributed by atoms with van der Waals surface area (Å²) in [6, 6.07) is 4.89. The Kier molecular flexibility index (Phi) is 5.66. The molecule has 0 radical (unpaired) electrons. The summed E-state index contributed by atoms with van der Waals surface area (Å²) in [5.41, 5.74) is 2.15. The summed E-state index contributed by atoms with van der Waals surface area (Å²) in [7, 11) is 0. The van der Waals surface area contributed by atoms with Crippen molar-refractivity contribution in [2.75, 3.05) is 12.4 Å². The van der Waals surface area contributed by atoms with Gasteiger partial charge in [0.2, 0.25) is 0 Å². The zero-order valence-electron chi connectivity index (χ0n) is 9.02. The summed E-state index contributed by atoms with van der Waals surface area (Å²) in [4.78, 5) is 0. The Morgan fingerprint density at radius 2 is 2.13 bits per heavy atom. The monoisotopic (exact) mass is 229 g/mol. The van der Waals surface area contributed by atoms with Crippen LogP contribution in [-0.2, 0) is 6.54 Å². The van der Waals surface area contributed by atoms with Crippen LogP contribution in [0, 0.1) is 12.7 Å². The van der Waals surface area contributed by atoms with Gasteiger partial charge < -0.3 is 5.32 Å². The molecule has 84 valence electrons. The van der Waals surface area contributed by atoms with E-state index in [-0.39, 0.29) is 5.82 Å². The topological polar surface area (TPSA) is 12.0 Å². The Bertz CT molecular complexity index is 302. The van der Waals surface area contributed by atoms with Crippen LogP contribution < -0.4 is 5.32 Å². The van der Waals surface area contributed by atoms with Crippen LogP contribution in [0.2, 0.25) is 0 Å². The quantitative estimate of drug-likeness (QED) is 0.583. The summed E-state index contributed by atoms with van der Waals surface area (Å²) in [6.45, 7) is 3.66. The van der Waals surface area contributed by atoms with Crippen LogP contribution in [0.25, 0.3) is 0 Å². The van der Waals surface area contributed by atoms with Gasteiger partial charge in [0.1, 0.15) is 5.82 Å². The molecule has 0 amide bonds. The number of alkyl halides is 1. The molecule has 0 spiro atoms. The maximum absolute atomic E-state index is 12.9. The van der Waals surface area contributed by atoms with Gasteiger partial charge in [-0.15, -0.1) is 11.6 Å². The summed E-state index contributed by atoms with van der Waals surface area (Å²) in [5.74, 6) is 0.541. The van der Waals surface area contributed by atoms with Crippen LogP contribution in [0.1, 0.15) is 24.0 Å². The average Bonchev–Trinajstić information content (AvgIpc) is 2.23. The molecule has 0 saturated carbocycles. The van der Waals surface area contributed by atoms with Gasteiger partial charge in [0.15, 0.2) is 0 Å². The molecule has 0 heterocycles. The average molecular weight is 230 g/mol. The summed E-state index contributed by atoms with van der Waals surface area (Å²) in [6.07, 6.45) is 2.09. The smallest absolute Gasteiger partial charge is 0.123 e. The first-order valence-electron chi connectivity index (χ1n) is 5.25. The molecule has 0 fully saturated rings. The summed E-state index contributed by atoms with van der Waals surface area (Å²) < 4.78 is 12.9. The standard InChI is InChI=1S/C12H17ClFN/c1-10-4-5-12(14)8-11(10)9-15-7-3-2-6-13/h4-5,8,15H,2-3,6-7,9H2,1H3. The Balaban J connectivity index is 2.33. The minimum atomic E-state index is -0.168. The lowest BCUT2D eigenvalue weighted by molar-refractivity contribution is 0.613. The van der Waals surface area contributed by atoms with Gasteiger partial charge in [-0.1, -0.05) is 6.07 Å². The van der Waals surface area contributed by atoms with Crippen molar-refractivity contribution in [3.05, 3.63) is 35.1 Å². The van der Waals surface area contributed by atoms with Gasteiger partial charge in [0.25, 0.3) is 0 Å². The highest BCUT2D eigenvalue weighted by molar-refractivity contribution is 6.17. The van der Waals surface area contributed by atoms with Crippen LogP contribution in [0.5, 0.6) is 0 Å². The molecule has 1 nitrogen and oxygen atoms in total. The Morgan fingerprint density at radius 3 is 2.87 bits per heavy atom. The van der Waals surface area contributed by atoms with Gasteiger partial charge in [-0.2, -0.15) is 0 Å². The van der Waals surface area contributed by atoms with Crippen molar-refractivity contribution < 1.29 is 4.39 Å². The molecular formula is C12H17ClFN. The number of rotatable bonds is 6. The molecule has 3 heteroatoms. The molecule has 0 saturated heterocycles. The van der Waals surface area contributed by atoms with E-state index < -0.39 is 0 Å². The highest BCUT2D eigenvalue weighted by Gasteiger charge is 1.99. The molecule has 0 bridgehead atoms. The van der Waals surface area contributed by atoms with E-state index in [0.29, 0.717) is 5.88 Å². The van der Waals surface area contributed by atoms with Crippen LogP contribution in [-0.4, -0.2) is 12.4 Å². The Labute approximate surface area is 95.6 Å². The van der Waals surface area contributed by atoms with E-state index in [9.17, 15) is 4.39 Å². The number of halogens is 2. The highest BCUT2D eigenvalue weighted by Crippen LogP contribution is 2.09. The Morgan fingerprint density at radius 1 is 1.33 bits per heavy atom. The molecule has 0 aliphatic rings. The maximum Gasteiger partial charge on any atom is 0.123 e. The molecule has 1 aromatic carbocycles. The first kappa shape index (κ1) is 12.5. The third kappa shape index (κ3) is 4.63. The number of aryl methyl sites for hydroxylation is 1. The molecule has 1 N–H and O–H groups in total. The zero-order chi connectivity index (χ0) is 11.1. The second kappa shape index (κ2) is 6.81. The SMILES string of the molecule is Cc1ccc(F)cc1CNCCCCCl. The fourth-order valence-electron chi connectivity index (χ4n) is 1.40. The molecule has 0 unspecified atom stereocenters. The summed E-state index contributed by atoms with van der Waals surface area (Å²) >= 11 is 5.57. The van der Waals surface area contributed by atoms with Crippen molar-refractivity contribution in [1.29, 1.82) is 0 Å². The lowest BCUT2D eigenvalue weighted by Crippen LogP contribution is -2.15. The molecule has 15 heavy (non-hydrogen) atoms. The van der Waals surface area contributed by atoms with Crippen molar-refractivity contribution in [3.8, 4) is 0 Å². The number of hydrogen-bond donors (Lipinski definition) is 1. The molecule has 0 aliphatic heterocycles. The van der Waals surface area contributed by atoms with E-state index in [1.54, 1.807) is 6.07 Å². The number of benzene rings is 1. The zero-order valence-corrected chi connectivity index (χ0v) is 9.78. The predicted octanol–water partition coefficient (Wildman–Crippen LogP) is 3.24. The first-order valence-corrected chi connectivity index (χ1v) is 5.79.